The second-order valence-electron chi connectivity index (χ2n) is 8.18. The van der Waals surface area contributed by atoms with Crippen molar-refractivity contribution < 1.29 is 0 Å². The van der Waals surface area contributed by atoms with Crippen LogP contribution in [0.3, 0.4) is 0 Å². The standard InChI is InChI=1S/C30H18/c1-2-21-28-22-11-6-5-8-18(22)14-15-25(28)23-12-7-13-24-26-16-19-9-3-4-10-20(19)17-27(26)29(21)30(23)24/h2-17H,1H2. The lowest BCUT2D eigenvalue weighted by Gasteiger charge is -2.15. The van der Waals surface area contributed by atoms with Crippen molar-refractivity contribution >= 4 is 49.2 Å². The Kier molecular flexibility index (Phi) is 2.97. The van der Waals surface area contributed by atoms with Gasteiger partial charge in [-0.3, -0.25) is 0 Å². The first-order valence-corrected chi connectivity index (χ1v) is 10.4. The first-order chi connectivity index (χ1) is 14.8. The Morgan fingerprint density at radius 3 is 1.97 bits per heavy atom. The molecule has 0 spiro atoms. The molecule has 0 aromatic heterocycles. The fourth-order valence-electron chi connectivity index (χ4n) is 5.47. The van der Waals surface area contributed by atoms with E-state index in [4.69, 9.17) is 0 Å². The van der Waals surface area contributed by atoms with Gasteiger partial charge in [-0.1, -0.05) is 91.5 Å². The lowest BCUT2D eigenvalue weighted by molar-refractivity contribution is 1.72. The van der Waals surface area contributed by atoms with E-state index in [-0.39, 0.29) is 0 Å². The Morgan fingerprint density at radius 2 is 1.17 bits per heavy atom. The van der Waals surface area contributed by atoms with Gasteiger partial charge in [0.05, 0.1) is 0 Å². The summed E-state index contributed by atoms with van der Waals surface area (Å²) in [6.45, 7) is 4.26. The van der Waals surface area contributed by atoms with Gasteiger partial charge in [0.25, 0.3) is 0 Å². The quantitative estimate of drug-likeness (QED) is 0.251. The van der Waals surface area contributed by atoms with Crippen molar-refractivity contribution in [3.8, 4) is 22.3 Å². The molecule has 0 amide bonds. The second kappa shape index (κ2) is 5.58. The summed E-state index contributed by atoms with van der Waals surface area (Å²) in [6, 6.07) is 33.3. The van der Waals surface area contributed by atoms with Gasteiger partial charge in [0, 0.05) is 0 Å². The predicted octanol–water partition coefficient (Wildman–Crippen LogP) is 8.59. The highest BCUT2D eigenvalue weighted by atomic mass is 14.3. The Labute approximate surface area is 174 Å². The van der Waals surface area contributed by atoms with Crippen LogP contribution in [-0.4, -0.2) is 0 Å². The molecule has 7 rings (SSSR count). The zero-order valence-electron chi connectivity index (χ0n) is 16.4. The SMILES string of the molecule is C=Cc1c2c3c(cccc3c3ccc4ccccc4c13)-c1cc3ccccc3cc1-2. The maximum Gasteiger partial charge on any atom is -0.00137 e. The monoisotopic (exact) mass is 378 g/mol. The van der Waals surface area contributed by atoms with Crippen molar-refractivity contribution in [1.29, 1.82) is 0 Å². The van der Waals surface area contributed by atoms with Crippen LogP contribution in [0.1, 0.15) is 5.56 Å². The average Bonchev–Trinajstić information content (AvgIpc) is 3.12. The Balaban J connectivity index is 1.79. The van der Waals surface area contributed by atoms with Crippen LogP contribution in [-0.2, 0) is 0 Å². The highest BCUT2D eigenvalue weighted by molar-refractivity contribution is 6.30. The molecule has 0 atom stereocenters. The van der Waals surface area contributed by atoms with Crippen LogP contribution >= 0.6 is 0 Å². The Bertz CT molecular complexity index is 1700. The third-order valence-corrected chi connectivity index (χ3v) is 6.72. The molecular weight excluding hydrogens is 360 g/mol. The zero-order valence-corrected chi connectivity index (χ0v) is 16.4. The van der Waals surface area contributed by atoms with Crippen molar-refractivity contribution in [2.75, 3.05) is 0 Å². The number of benzene rings is 6. The molecule has 0 fully saturated rings. The average molecular weight is 378 g/mol. The van der Waals surface area contributed by atoms with Crippen LogP contribution in [0.15, 0.2) is 97.6 Å². The second-order valence-corrected chi connectivity index (χ2v) is 8.18. The minimum atomic E-state index is 1.25. The first kappa shape index (κ1) is 16.0. The molecule has 0 radical (unpaired) electrons. The van der Waals surface area contributed by atoms with Crippen LogP contribution in [0.5, 0.6) is 0 Å². The third kappa shape index (κ3) is 1.86. The van der Waals surface area contributed by atoms with Gasteiger partial charge in [0.2, 0.25) is 0 Å². The molecule has 6 aromatic rings. The molecule has 0 heterocycles. The highest BCUT2D eigenvalue weighted by Gasteiger charge is 2.26. The van der Waals surface area contributed by atoms with E-state index in [9.17, 15) is 0 Å². The Hall–Kier alpha value is -3.90. The molecule has 0 saturated carbocycles. The van der Waals surface area contributed by atoms with Gasteiger partial charge in [-0.05, 0) is 83.0 Å². The fraction of sp³-hybridized carbons (Fsp3) is 0. The zero-order chi connectivity index (χ0) is 19.8. The van der Waals surface area contributed by atoms with Crippen molar-refractivity contribution in [1.82, 2.24) is 0 Å². The van der Waals surface area contributed by atoms with E-state index in [1.165, 1.54) is 70.9 Å². The summed E-state index contributed by atoms with van der Waals surface area (Å²) in [4.78, 5) is 0. The minimum Gasteiger partial charge on any atom is -0.0984 e. The summed E-state index contributed by atoms with van der Waals surface area (Å²) < 4.78 is 0. The van der Waals surface area contributed by atoms with E-state index in [2.05, 4.69) is 104 Å². The Morgan fingerprint density at radius 1 is 0.500 bits per heavy atom. The maximum absolute atomic E-state index is 4.26. The van der Waals surface area contributed by atoms with Crippen LogP contribution in [0.25, 0.3) is 71.4 Å². The number of hydrogen-bond donors (Lipinski definition) is 0. The summed E-state index contributed by atoms with van der Waals surface area (Å²) in [5, 5.41) is 10.4. The highest BCUT2D eigenvalue weighted by Crippen LogP contribution is 2.53. The van der Waals surface area contributed by atoms with E-state index < -0.39 is 0 Å². The number of rotatable bonds is 1. The minimum absolute atomic E-state index is 1.25. The van der Waals surface area contributed by atoms with Crippen LogP contribution in [0.2, 0.25) is 0 Å². The normalized spacial score (nSPS) is 12.1. The van der Waals surface area contributed by atoms with Crippen molar-refractivity contribution in [2.24, 2.45) is 0 Å². The van der Waals surface area contributed by atoms with E-state index in [0.717, 1.165) is 0 Å². The predicted molar refractivity (Wildman–Crippen MR) is 131 cm³/mol. The van der Waals surface area contributed by atoms with Crippen LogP contribution in [0, 0.1) is 0 Å². The molecule has 1 aliphatic rings. The largest absolute Gasteiger partial charge is 0.0984 e. The lowest BCUT2D eigenvalue weighted by Crippen LogP contribution is -1.89. The van der Waals surface area contributed by atoms with Gasteiger partial charge in [-0.2, -0.15) is 0 Å². The first-order valence-electron chi connectivity index (χ1n) is 10.4. The van der Waals surface area contributed by atoms with Crippen LogP contribution < -0.4 is 0 Å². The molecule has 0 bridgehead atoms. The van der Waals surface area contributed by atoms with Gasteiger partial charge < -0.3 is 0 Å². The summed E-state index contributed by atoms with van der Waals surface area (Å²) in [5.41, 5.74) is 6.57. The molecule has 6 aromatic carbocycles. The topological polar surface area (TPSA) is 0 Å². The maximum atomic E-state index is 4.26. The van der Waals surface area contributed by atoms with E-state index in [1.54, 1.807) is 0 Å². The molecule has 1 aliphatic carbocycles. The number of fused-ring (bicyclic) bond motifs is 8. The van der Waals surface area contributed by atoms with Crippen molar-refractivity contribution in [2.45, 2.75) is 0 Å². The third-order valence-electron chi connectivity index (χ3n) is 6.72. The van der Waals surface area contributed by atoms with Gasteiger partial charge >= 0.3 is 0 Å². The summed E-state index contributed by atoms with van der Waals surface area (Å²) in [6.07, 6.45) is 2.06. The van der Waals surface area contributed by atoms with Crippen molar-refractivity contribution in [3.05, 3.63) is 103 Å². The molecule has 0 heteroatoms. The van der Waals surface area contributed by atoms with E-state index >= 15 is 0 Å². The van der Waals surface area contributed by atoms with Gasteiger partial charge in [0.15, 0.2) is 0 Å². The summed E-state index contributed by atoms with van der Waals surface area (Å²) in [7, 11) is 0. The molecule has 0 saturated heterocycles. The smallest absolute Gasteiger partial charge is 0.00137 e. The van der Waals surface area contributed by atoms with Crippen molar-refractivity contribution in [3.63, 3.8) is 0 Å². The molecule has 0 N–H and O–H groups in total. The number of hydrogen-bond acceptors (Lipinski definition) is 0. The molecule has 0 aliphatic heterocycles. The molecule has 0 unspecified atom stereocenters. The molecule has 138 valence electrons. The van der Waals surface area contributed by atoms with Gasteiger partial charge in [0.1, 0.15) is 0 Å². The lowest BCUT2D eigenvalue weighted by atomic mass is 9.88. The van der Waals surface area contributed by atoms with Crippen LogP contribution in [0.4, 0.5) is 0 Å². The summed E-state index contributed by atoms with van der Waals surface area (Å²) >= 11 is 0. The molecular formula is C30H18. The molecule has 30 heavy (non-hydrogen) atoms. The van der Waals surface area contributed by atoms with E-state index in [1.807, 2.05) is 0 Å². The van der Waals surface area contributed by atoms with E-state index in [0.29, 0.717) is 0 Å². The molecule has 0 nitrogen and oxygen atoms in total. The summed E-state index contributed by atoms with van der Waals surface area (Å²) in [5.74, 6) is 0. The fourth-order valence-corrected chi connectivity index (χ4v) is 5.47. The van der Waals surface area contributed by atoms with Gasteiger partial charge in [-0.15, -0.1) is 0 Å². The van der Waals surface area contributed by atoms with Gasteiger partial charge in [-0.25, -0.2) is 0 Å².